The summed E-state index contributed by atoms with van der Waals surface area (Å²) >= 11 is 4.24. The van der Waals surface area contributed by atoms with E-state index in [1.165, 1.54) is 76.3 Å². The number of nitrogens with zero attached hydrogens (tertiary/aromatic N) is 2. The van der Waals surface area contributed by atoms with Gasteiger partial charge in [0.1, 0.15) is 7.05 Å². The number of hydrogen-bond donors (Lipinski definition) is 0. The Balaban J connectivity index is 0.00000133. The second-order valence-electron chi connectivity index (χ2n) is 9.26. The Morgan fingerprint density at radius 2 is 1.56 bits per heavy atom. The van der Waals surface area contributed by atoms with Crippen molar-refractivity contribution >= 4 is 54.3 Å². The van der Waals surface area contributed by atoms with Crippen molar-refractivity contribution in [2.45, 2.75) is 45.4 Å². The van der Waals surface area contributed by atoms with Gasteiger partial charge in [0.2, 0.25) is 5.69 Å². The summed E-state index contributed by atoms with van der Waals surface area (Å²) in [5.74, 6) is 0. The van der Waals surface area contributed by atoms with Crippen LogP contribution >= 0.6 is 37.2 Å². The van der Waals surface area contributed by atoms with E-state index in [1.807, 2.05) is 0 Å². The molecule has 0 unspecified atom stereocenters. The monoisotopic (exact) mass is 675 g/mol. The molecule has 0 spiro atoms. The molecule has 4 heteroatoms. The van der Waals surface area contributed by atoms with Crippen molar-refractivity contribution in [3.63, 3.8) is 0 Å². The zero-order valence-corrected chi connectivity index (χ0v) is 24.6. The van der Waals surface area contributed by atoms with Gasteiger partial charge in [-0.2, -0.15) is 4.58 Å². The third kappa shape index (κ3) is 5.43. The van der Waals surface area contributed by atoms with Gasteiger partial charge < -0.3 is 4.90 Å². The van der Waals surface area contributed by atoms with E-state index in [4.69, 9.17) is 0 Å². The van der Waals surface area contributed by atoms with Crippen LogP contribution in [0.3, 0.4) is 0 Å². The van der Waals surface area contributed by atoms with Gasteiger partial charge in [-0.25, -0.2) is 0 Å². The maximum atomic E-state index is 2.39. The summed E-state index contributed by atoms with van der Waals surface area (Å²) in [4.78, 5) is 2.34. The number of rotatable bonds is 3. The third-order valence-electron chi connectivity index (χ3n) is 7.37. The number of anilines is 1. The van der Waals surface area contributed by atoms with Gasteiger partial charge in [0, 0.05) is 79.8 Å². The topological polar surface area (TPSA) is 6.25 Å². The van der Waals surface area contributed by atoms with Gasteiger partial charge >= 0.3 is 0 Å². The summed E-state index contributed by atoms with van der Waals surface area (Å²) in [6.45, 7) is 2.32. The number of para-hydroxylation sites is 2. The first-order chi connectivity index (χ1) is 16.6. The molecule has 3 aliphatic rings. The molecule has 2 aromatic rings. The highest BCUT2D eigenvalue weighted by Crippen LogP contribution is 2.34. The Hall–Kier alpha value is -1.67. The highest BCUT2D eigenvalue weighted by atomic mass is 128. The lowest BCUT2D eigenvalue weighted by molar-refractivity contribution is -0.400. The summed E-state index contributed by atoms with van der Waals surface area (Å²) in [6, 6.07) is 17.5. The van der Waals surface area contributed by atoms with Crippen LogP contribution in [0.2, 0.25) is 0 Å². The summed E-state index contributed by atoms with van der Waals surface area (Å²) in [7, 11) is 4.38. The lowest BCUT2D eigenvalue weighted by Crippen LogP contribution is -2.10. The zero-order chi connectivity index (χ0) is 24.1. The minimum Gasteiger partial charge on any atom is -0.348 e. The van der Waals surface area contributed by atoms with Crippen LogP contribution in [0, 0.1) is 0 Å². The van der Waals surface area contributed by atoms with E-state index in [2.05, 4.69) is 141 Å². The smallest absolute Gasteiger partial charge is 0.208 e. The summed E-state index contributed by atoms with van der Waals surface area (Å²) in [6.07, 6.45) is 16.4. The Kier molecular flexibility index (Phi) is 8.86. The van der Waals surface area contributed by atoms with Crippen molar-refractivity contribution in [2.24, 2.45) is 0 Å². The van der Waals surface area contributed by atoms with Gasteiger partial charge in [0.05, 0.1) is 6.42 Å². The second kappa shape index (κ2) is 11.8. The van der Waals surface area contributed by atoms with Crippen molar-refractivity contribution in [1.29, 1.82) is 0 Å². The fourth-order valence-corrected chi connectivity index (χ4v) is 5.28. The molecule has 0 radical (unpaired) electrons. The maximum Gasteiger partial charge on any atom is 0.208 e. The van der Waals surface area contributed by atoms with Crippen molar-refractivity contribution in [2.75, 3.05) is 19.0 Å². The minimum atomic E-state index is 1.02. The Labute approximate surface area is 228 Å². The first-order valence-electron chi connectivity index (χ1n) is 12.0. The Morgan fingerprint density at radius 1 is 0.853 bits per heavy atom. The number of fused-ring (bicyclic) bond motifs is 2. The van der Waals surface area contributed by atoms with E-state index in [1.54, 1.807) is 0 Å². The van der Waals surface area contributed by atoms with Gasteiger partial charge in [-0.1, -0.05) is 48.6 Å². The van der Waals surface area contributed by atoms with Crippen LogP contribution in [-0.2, 0) is 12.8 Å². The molecule has 0 atom stereocenters. The van der Waals surface area contributed by atoms with Crippen molar-refractivity contribution in [3.8, 4) is 0 Å². The van der Waals surface area contributed by atoms with Crippen LogP contribution in [0.1, 0.15) is 43.7 Å². The van der Waals surface area contributed by atoms with Gasteiger partial charge in [0.25, 0.3) is 0 Å². The van der Waals surface area contributed by atoms with Crippen LogP contribution in [0.5, 0.6) is 0 Å². The second-order valence-corrected chi connectivity index (χ2v) is 9.26. The molecule has 1 aliphatic carbocycles. The molecule has 0 saturated carbocycles. The molecule has 0 fully saturated rings. The highest BCUT2D eigenvalue weighted by Gasteiger charge is 2.24. The highest BCUT2D eigenvalue weighted by molar-refractivity contribution is 15.0. The molecule has 0 aromatic heterocycles. The molecular weight excluding hydrogens is 642 g/mol. The molecule has 34 heavy (non-hydrogen) atoms. The van der Waals surface area contributed by atoms with Crippen LogP contribution in [0.25, 0.3) is 0 Å². The molecule has 2 heterocycles. The van der Waals surface area contributed by atoms with E-state index >= 15 is 0 Å². The molecule has 176 valence electrons. The first-order valence-corrected chi connectivity index (χ1v) is 18.3. The average molecular weight is 675 g/mol. The lowest BCUT2D eigenvalue weighted by atomic mass is 9.98. The maximum absolute atomic E-state index is 2.39. The number of benzene rings is 2. The number of likely N-dealkylation sites (N-methyl/N-ethyl adjacent to an activating group) is 1. The molecule has 0 bridgehead atoms. The van der Waals surface area contributed by atoms with Crippen LogP contribution in [-0.4, -0.2) is 24.4 Å². The van der Waals surface area contributed by atoms with Gasteiger partial charge in [-0.05, 0) is 67.0 Å². The summed E-state index contributed by atoms with van der Waals surface area (Å²) in [5.41, 5.74) is 12.7. The van der Waals surface area contributed by atoms with E-state index in [-0.39, 0.29) is 0 Å². The molecule has 0 saturated heterocycles. The predicted octanol–water partition coefficient (Wildman–Crippen LogP) is 8.68. The molecule has 5 rings (SSSR count). The first kappa shape index (κ1) is 25.4. The van der Waals surface area contributed by atoms with E-state index in [9.17, 15) is 0 Å². The molecular formula is C30H33I2N2+. The molecule has 0 N–H and O–H groups in total. The SMILES string of the molecule is CC1=C(C=CC2=[N+](C)c3ccccc3C2)CCCCC1=CC=C1Cc2ccccc2N1C.II. The Bertz CT molecular complexity index is 1210. The van der Waals surface area contributed by atoms with E-state index in [0.29, 0.717) is 0 Å². The molecule has 2 aromatic carbocycles. The summed E-state index contributed by atoms with van der Waals surface area (Å²) in [5, 5.41) is 0. The van der Waals surface area contributed by atoms with Crippen LogP contribution in [0.15, 0.2) is 95.3 Å². The fourth-order valence-electron chi connectivity index (χ4n) is 5.28. The fraction of sp³-hybridized carbons (Fsp3) is 0.300. The van der Waals surface area contributed by atoms with Crippen molar-refractivity contribution in [1.82, 2.24) is 0 Å². The largest absolute Gasteiger partial charge is 0.348 e. The molecule has 0 amide bonds. The third-order valence-corrected chi connectivity index (χ3v) is 7.37. The van der Waals surface area contributed by atoms with E-state index in [0.717, 1.165) is 12.8 Å². The zero-order valence-electron chi connectivity index (χ0n) is 20.3. The van der Waals surface area contributed by atoms with Gasteiger partial charge in [0.15, 0.2) is 5.71 Å². The summed E-state index contributed by atoms with van der Waals surface area (Å²) < 4.78 is 2.34. The van der Waals surface area contributed by atoms with Crippen LogP contribution in [0.4, 0.5) is 11.4 Å². The Morgan fingerprint density at radius 3 is 2.32 bits per heavy atom. The molecule has 2 aliphatic heterocycles. The number of allylic oxidation sites excluding steroid dienone is 8. The predicted molar refractivity (Wildman–Crippen MR) is 164 cm³/mol. The average Bonchev–Trinajstić information content (AvgIpc) is 3.30. The van der Waals surface area contributed by atoms with Crippen molar-refractivity contribution < 1.29 is 4.58 Å². The molecule has 2 nitrogen and oxygen atoms in total. The minimum absolute atomic E-state index is 1.02. The lowest BCUT2D eigenvalue weighted by Gasteiger charge is -2.14. The van der Waals surface area contributed by atoms with Gasteiger partial charge in [-0.15, -0.1) is 0 Å². The quantitative estimate of drug-likeness (QED) is 0.233. The van der Waals surface area contributed by atoms with Crippen LogP contribution < -0.4 is 4.90 Å². The van der Waals surface area contributed by atoms with E-state index < -0.39 is 0 Å². The van der Waals surface area contributed by atoms with Gasteiger partial charge in [-0.3, -0.25) is 0 Å². The standard InChI is InChI=1S/C30H33N2.I2/c1-22-23(16-18-27-20-25-12-6-8-14-29(25)31(27)2)10-4-5-11-24(22)17-19-28-21-26-13-7-9-15-30(26)32(28)3;1-2/h6-9,12-19H,4-5,10-11,20-21H2,1-3H3;/q+1;. The normalized spacial score (nSPS) is 20.1. The number of hydrogen-bond acceptors (Lipinski definition) is 1. The van der Waals surface area contributed by atoms with Crippen molar-refractivity contribution in [3.05, 3.63) is 106 Å². The number of halogens is 2.